The Morgan fingerprint density at radius 3 is 2.91 bits per heavy atom. The number of nitriles is 1. The van der Waals surface area contributed by atoms with Crippen molar-refractivity contribution in [1.82, 2.24) is 14.5 Å². The highest BCUT2D eigenvalue weighted by Crippen LogP contribution is 2.40. The van der Waals surface area contributed by atoms with Crippen LogP contribution in [0.4, 0.5) is 0 Å². The molecule has 22 heavy (non-hydrogen) atoms. The number of aromatic nitrogens is 3. The molecule has 3 aromatic rings. The molecule has 1 fully saturated rings. The monoisotopic (exact) mass is 308 g/mol. The van der Waals surface area contributed by atoms with E-state index < -0.39 is 0 Å². The molecule has 0 aliphatic heterocycles. The van der Waals surface area contributed by atoms with Crippen LogP contribution in [0.5, 0.6) is 0 Å². The maximum absolute atomic E-state index is 9.28. The first-order chi connectivity index (χ1) is 10.8. The second-order valence-corrected chi connectivity index (χ2v) is 6.03. The molecule has 4 nitrogen and oxygen atoms in total. The minimum atomic E-state index is 0.502. The van der Waals surface area contributed by atoms with Crippen molar-refractivity contribution in [3.05, 3.63) is 58.5 Å². The molecule has 1 aromatic carbocycles. The first-order valence-electron chi connectivity index (χ1n) is 7.26. The molecular formula is C17H13ClN4. The van der Waals surface area contributed by atoms with Gasteiger partial charge in [0.25, 0.3) is 0 Å². The van der Waals surface area contributed by atoms with Gasteiger partial charge in [0.2, 0.25) is 0 Å². The van der Waals surface area contributed by atoms with Gasteiger partial charge in [-0.25, -0.2) is 9.97 Å². The number of imidazole rings is 1. The molecule has 0 bridgehead atoms. The van der Waals surface area contributed by atoms with Crippen LogP contribution in [0, 0.1) is 11.3 Å². The number of halogens is 1. The van der Waals surface area contributed by atoms with Crippen molar-refractivity contribution in [3.8, 4) is 6.07 Å². The number of fused-ring (bicyclic) bond motifs is 1. The minimum Gasteiger partial charge on any atom is -0.308 e. The Bertz CT molecular complexity index is 903. The summed E-state index contributed by atoms with van der Waals surface area (Å²) in [6, 6.07) is 11.8. The number of hydrogen-bond donors (Lipinski definition) is 0. The Morgan fingerprint density at radius 2 is 2.14 bits per heavy atom. The fourth-order valence-corrected chi connectivity index (χ4v) is 2.90. The highest BCUT2D eigenvalue weighted by Gasteiger charge is 2.30. The number of nitrogens with zero attached hydrogens (tertiary/aromatic N) is 4. The molecule has 4 rings (SSSR count). The molecule has 2 aromatic heterocycles. The molecule has 2 heterocycles. The molecule has 0 atom stereocenters. The summed E-state index contributed by atoms with van der Waals surface area (Å²) in [6.07, 6.45) is 3.98. The van der Waals surface area contributed by atoms with E-state index in [1.165, 1.54) is 0 Å². The van der Waals surface area contributed by atoms with E-state index in [0.29, 0.717) is 23.0 Å². The van der Waals surface area contributed by atoms with Crippen LogP contribution in [-0.2, 0) is 6.54 Å². The zero-order chi connectivity index (χ0) is 15.1. The van der Waals surface area contributed by atoms with Crippen LogP contribution < -0.4 is 0 Å². The Kier molecular flexibility index (Phi) is 3.09. The van der Waals surface area contributed by atoms with Gasteiger partial charge in [-0.2, -0.15) is 5.26 Å². The van der Waals surface area contributed by atoms with E-state index in [0.717, 1.165) is 35.4 Å². The lowest BCUT2D eigenvalue weighted by Crippen LogP contribution is -2.06. The molecule has 0 saturated heterocycles. The lowest BCUT2D eigenvalue weighted by atomic mass is 10.1. The molecule has 108 valence electrons. The van der Waals surface area contributed by atoms with Crippen molar-refractivity contribution in [2.75, 3.05) is 0 Å². The largest absolute Gasteiger partial charge is 0.308 e. The summed E-state index contributed by atoms with van der Waals surface area (Å²) in [5, 5.41) is 9.87. The molecule has 1 saturated carbocycles. The highest BCUT2D eigenvalue weighted by molar-refractivity contribution is 6.31. The van der Waals surface area contributed by atoms with Gasteiger partial charge in [0.1, 0.15) is 11.3 Å². The zero-order valence-electron chi connectivity index (χ0n) is 11.8. The number of rotatable bonds is 3. The first-order valence-corrected chi connectivity index (χ1v) is 7.64. The quantitative estimate of drug-likeness (QED) is 0.737. The van der Waals surface area contributed by atoms with Gasteiger partial charge in [-0.05, 0) is 30.5 Å². The van der Waals surface area contributed by atoms with Crippen LogP contribution in [0.15, 0.2) is 36.5 Å². The average Bonchev–Trinajstić information content (AvgIpc) is 3.31. The van der Waals surface area contributed by atoms with Gasteiger partial charge in [0.05, 0.1) is 23.2 Å². The Labute approximate surface area is 133 Å². The number of benzene rings is 1. The zero-order valence-corrected chi connectivity index (χ0v) is 12.6. The van der Waals surface area contributed by atoms with Crippen LogP contribution in [0.1, 0.15) is 35.7 Å². The predicted molar refractivity (Wildman–Crippen MR) is 84.8 cm³/mol. The van der Waals surface area contributed by atoms with Crippen molar-refractivity contribution < 1.29 is 0 Å². The molecule has 0 amide bonds. The second-order valence-electron chi connectivity index (χ2n) is 5.60. The minimum absolute atomic E-state index is 0.502. The van der Waals surface area contributed by atoms with Crippen molar-refractivity contribution in [2.45, 2.75) is 25.3 Å². The first kappa shape index (κ1) is 13.3. The van der Waals surface area contributed by atoms with Gasteiger partial charge in [-0.15, -0.1) is 0 Å². The Balaban J connectivity index is 1.86. The normalized spacial score (nSPS) is 14.2. The molecule has 0 N–H and O–H groups in total. The van der Waals surface area contributed by atoms with E-state index in [9.17, 15) is 5.26 Å². The summed E-state index contributed by atoms with van der Waals surface area (Å²) in [5.74, 6) is 1.56. The smallest absolute Gasteiger partial charge is 0.160 e. The molecule has 1 aliphatic rings. The summed E-state index contributed by atoms with van der Waals surface area (Å²) >= 11 is 6.03. The fraction of sp³-hybridized carbons (Fsp3) is 0.235. The third kappa shape index (κ3) is 2.24. The van der Waals surface area contributed by atoms with Gasteiger partial charge >= 0.3 is 0 Å². The second kappa shape index (κ2) is 5.11. The Morgan fingerprint density at radius 1 is 1.32 bits per heavy atom. The van der Waals surface area contributed by atoms with Crippen LogP contribution in [0.2, 0.25) is 5.02 Å². The van der Waals surface area contributed by atoms with E-state index in [4.69, 9.17) is 16.6 Å². The highest BCUT2D eigenvalue weighted by atomic mass is 35.5. The molecule has 0 unspecified atom stereocenters. The summed E-state index contributed by atoms with van der Waals surface area (Å²) < 4.78 is 2.12. The summed E-state index contributed by atoms with van der Waals surface area (Å²) in [5.41, 5.74) is 3.34. The SMILES string of the molecule is N#Cc1ccccc1Cn1c(C2CC2)nc2cc(Cl)cnc21. The van der Waals surface area contributed by atoms with Gasteiger partial charge < -0.3 is 4.57 Å². The van der Waals surface area contributed by atoms with E-state index >= 15 is 0 Å². The van der Waals surface area contributed by atoms with Crippen LogP contribution in [0.25, 0.3) is 11.2 Å². The van der Waals surface area contributed by atoms with E-state index in [-0.39, 0.29) is 0 Å². The third-order valence-corrected chi connectivity index (χ3v) is 4.20. The van der Waals surface area contributed by atoms with Crippen molar-refractivity contribution in [1.29, 1.82) is 5.26 Å². The lowest BCUT2D eigenvalue weighted by Gasteiger charge is -2.09. The molecule has 5 heteroatoms. The van der Waals surface area contributed by atoms with E-state index in [2.05, 4.69) is 15.6 Å². The lowest BCUT2D eigenvalue weighted by molar-refractivity contribution is 0.739. The molecular weight excluding hydrogens is 296 g/mol. The van der Waals surface area contributed by atoms with Gasteiger partial charge in [0.15, 0.2) is 5.65 Å². The van der Waals surface area contributed by atoms with Crippen molar-refractivity contribution in [3.63, 3.8) is 0 Å². The molecule has 0 radical (unpaired) electrons. The van der Waals surface area contributed by atoms with Crippen LogP contribution in [-0.4, -0.2) is 14.5 Å². The fourth-order valence-electron chi connectivity index (χ4n) is 2.75. The molecule has 0 spiro atoms. The standard InChI is InChI=1S/C17H13ClN4/c18-14-7-15-17(20-9-14)22(16(21-15)11-5-6-11)10-13-4-2-1-3-12(13)8-19/h1-4,7,9,11H,5-6,10H2. The summed E-state index contributed by atoms with van der Waals surface area (Å²) in [7, 11) is 0. The average molecular weight is 309 g/mol. The Hall–Kier alpha value is -2.38. The molecule has 1 aliphatic carbocycles. The van der Waals surface area contributed by atoms with Gasteiger partial charge in [0, 0.05) is 12.1 Å². The summed E-state index contributed by atoms with van der Waals surface area (Å²) in [4.78, 5) is 9.17. The van der Waals surface area contributed by atoms with Crippen LogP contribution in [0.3, 0.4) is 0 Å². The predicted octanol–water partition coefficient (Wildman–Crippen LogP) is 3.88. The van der Waals surface area contributed by atoms with E-state index in [1.54, 1.807) is 6.20 Å². The van der Waals surface area contributed by atoms with Gasteiger partial charge in [-0.3, -0.25) is 0 Å². The van der Waals surface area contributed by atoms with Crippen molar-refractivity contribution in [2.24, 2.45) is 0 Å². The van der Waals surface area contributed by atoms with Gasteiger partial charge in [-0.1, -0.05) is 29.8 Å². The topological polar surface area (TPSA) is 54.5 Å². The maximum Gasteiger partial charge on any atom is 0.160 e. The number of pyridine rings is 1. The maximum atomic E-state index is 9.28. The third-order valence-electron chi connectivity index (χ3n) is 3.99. The van der Waals surface area contributed by atoms with Crippen LogP contribution >= 0.6 is 11.6 Å². The summed E-state index contributed by atoms with van der Waals surface area (Å²) in [6.45, 7) is 0.612. The van der Waals surface area contributed by atoms with E-state index in [1.807, 2.05) is 30.3 Å². The van der Waals surface area contributed by atoms with Crippen molar-refractivity contribution >= 4 is 22.8 Å². The number of hydrogen-bond acceptors (Lipinski definition) is 3.